The number of anilines is 2. The van der Waals surface area contributed by atoms with Gasteiger partial charge in [0.25, 0.3) is 11.8 Å². The summed E-state index contributed by atoms with van der Waals surface area (Å²) in [6, 6.07) is 28.2. The van der Waals surface area contributed by atoms with Crippen molar-refractivity contribution in [1.29, 1.82) is 0 Å². The smallest absolute Gasteiger partial charge is 0.272 e. The monoisotopic (exact) mass is 615 g/mol. The van der Waals surface area contributed by atoms with Gasteiger partial charge in [-0.2, -0.15) is 0 Å². The summed E-state index contributed by atoms with van der Waals surface area (Å²) in [6.07, 6.45) is 1.61. The minimum atomic E-state index is -0.504. The first-order chi connectivity index (χ1) is 20.8. The van der Waals surface area contributed by atoms with Gasteiger partial charge in [-0.15, -0.1) is 11.8 Å². The lowest BCUT2D eigenvalue weighted by atomic mass is 10.1. The molecule has 0 aromatic heterocycles. The first-order valence-corrected chi connectivity index (χ1v) is 14.5. The Morgan fingerprint density at radius 3 is 2.16 bits per heavy atom. The van der Waals surface area contributed by atoms with Crippen molar-refractivity contribution in [1.82, 2.24) is 5.32 Å². The average Bonchev–Trinajstić information content (AvgIpc) is 3.02. The van der Waals surface area contributed by atoms with Crippen molar-refractivity contribution < 1.29 is 23.9 Å². The van der Waals surface area contributed by atoms with E-state index >= 15 is 0 Å². The van der Waals surface area contributed by atoms with Crippen LogP contribution in [-0.2, 0) is 9.59 Å². The number of carbonyl (C=O) groups is 3. The van der Waals surface area contributed by atoms with Crippen LogP contribution in [0.4, 0.5) is 11.4 Å². The van der Waals surface area contributed by atoms with E-state index in [4.69, 9.17) is 21.1 Å². The van der Waals surface area contributed by atoms with Gasteiger partial charge in [0.2, 0.25) is 5.91 Å². The Hall–Kier alpha value is -4.73. The maximum Gasteiger partial charge on any atom is 0.272 e. The largest absolute Gasteiger partial charge is 0.495 e. The zero-order valence-electron chi connectivity index (χ0n) is 23.7. The molecule has 0 radical (unpaired) electrons. The number of carbonyl (C=O) groups excluding carboxylic acids is 3. The second-order valence-corrected chi connectivity index (χ2v) is 11.0. The highest BCUT2D eigenvalue weighted by Crippen LogP contribution is 2.36. The van der Waals surface area contributed by atoms with Gasteiger partial charge in [0, 0.05) is 22.2 Å². The number of rotatable bonds is 11. The van der Waals surface area contributed by atoms with Crippen molar-refractivity contribution in [3.05, 3.63) is 119 Å². The number of nitrogens with one attached hydrogen (secondary N) is 3. The summed E-state index contributed by atoms with van der Waals surface area (Å²) < 4.78 is 10.6. The van der Waals surface area contributed by atoms with Crippen molar-refractivity contribution in [2.45, 2.75) is 17.1 Å². The highest BCUT2D eigenvalue weighted by molar-refractivity contribution is 8.00. The molecule has 1 atom stereocenters. The number of thioether (sulfide) groups is 1. The van der Waals surface area contributed by atoms with Crippen LogP contribution in [0.15, 0.2) is 108 Å². The number of hydrogen-bond acceptors (Lipinski definition) is 6. The van der Waals surface area contributed by atoms with Crippen LogP contribution in [-0.4, -0.2) is 37.2 Å². The summed E-state index contributed by atoms with van der Waals surface area (Å²) in [5, 5.41) is 8.27. The molecule has 0 saturated carbocycles. The summed E-state index contributed by atoms with van der Waals surface area (Å²) in [6.45, 7) is 1.77. The van der Waals surface area contributed by atoms with Gasteiger partial charge < -0.3 is 25.4 Å². The fourth-order valence-electron chi connectivity index (χ4n) is 3.95. The topological polar surface area (TPSA) is 106 Å². The van der Waals surface area contributed by atoms with Gasteiger partial charge in [0.15, 0.2) is 0 Å². The number of hydrogen-bond donors (Lipinski definition) is 3. The zero-order chi connectivity index (χ0) is 30.8. The standard InChI is InChI=1S/C33H30ClN3O5S/c1-21(31(38)36-27-19-26(34)29(41-2)20-30(27)42-3)43-25-16-10-15-24(18-25)35-33(40)28(17-22-11-6-4-7-12-22)37-32(39)23-13-8-5-9-14-23/h4-21H,1-3H3,(H,35,40)(H,36,38)(H,37,39)/b28-17-. The molecule has 4 aromatic rings. The predicted octanol–water partition coefficient (Wildman–Crippen LogP) is 6.89. The lowest BCUT2D eigenvalue weighted by Crippen LogP contribution is -2.30. The lowest BCUT2D eigenvalue weighted by Gasteiger charge is -2.16. The van der Waals surface area contributed by atoms with E-state index in [1.807, 2.05) is 42.5 Å². The third kappa shape index (κ3) is 8.64. The Morgan fingerprint density at radius 1 is 0.814 bits per heavy atom. The van der Waals surface area contributed by atoms with Gasteiger partial charge in [-0.1, -0.05) is 66.2 Å². The molecule has 0 fully saturated rings. The van der Waals surface area contributed by atoms with Gasteiger partial charge in [-0.3, -0.25) is 14.4 Å². The second kappa shape index (κ2) is 14.9. The molecule has 0 aliphatic carbocycles. The average molecular weight is 616 g/mol. The molecular weight excluding hydrogens is 586 g/mol. The molecule has 0 bridgehead atoms. The quantitative estimate of drug-likeness (QED) is 0.125. The molecule has 1 unspecified atom stereocenters. The molecule has 8 nitrogen and oxygen atoms in total. The summed E-state index contributed by atoms with van der Waals surface area (Å²) in [4.78, 5) is 40.0. The van der Waals surface area contributed by atoms with E-state index < -0.39 is 17.1 Å². The van der Waals surface area contributed by atoms with E-state index in [0.717, 1.165) is 10.5 Å². The summed E-state index contributed by atoms with van der Waals surface area (Å²) in [7, 11) is 2.99. The minimum Gasteiger partial charge on any atom is -0.495 e. The number of benzene rings is 4. The number of methoxy groups -OCH3 is 2. The maximum absolute atomic E-state index is 13.4. The fourth-order valence-corrected chi connectivity index (χ4v) is 5.12. The molecular formula is C33H30ClN3O5S. The summed E-state index contributed by atoms with van der Waals surface area (Å²) >= 11 is 7.55. The van der Waals surface area contributed by atoms with Crippen LogP contribution in [0.3, 0.4) is 0 Å². The Morgan fingerprint density at radius 2 is 1.49 bits per heavy atom. The fraction of sp³-hybridized carbons (Fsp3) is 0.121. The maximum atomic E-state index is 13.4. The minimum absolute atomic E-state index is 0.0814. The molecule has 4 rings (SSSR count). The SMILES string of the molecule is COc1cc(OC)c(NC(=O)C(C)Sc2cccc(NC(=O)/C(=C/c3ccccc3)NC(=O)c3ccccc3)c2)cc1Cl. The van der Waals surface area contributed by atoms with Gasteiger partial charge in [0.1, 0.15) is 17.2 Å². The number of amides is 3. The van der Waals surface area contributed by atoms with E-state index in [1.54, 1.807) is 67.6 Å². The van der Waals surface area contributed by atoms with Gasteiger partial charge in [-0.05, 0) is 55.0 Å². The Labute approximate surface area is 259 Å². The third-order valence-corrected chi connectivity index (χ3v) is 7.53. The van der Waals surface area contributed by atoms with Crippen LogP contribution >= 0.6 is 23.4 Å². The van der Waals surface area contributed by atoms with Crippen LogP contribution in [0.25, 0.3) is 6.08 Å². The lowest BCUT2D eigenvalue weighted by molar-refractivity contribution is -0.115. The molecule has 4 aromatic carbocycles. The van der Waals surface area contributed by atoms with Crippen molar-refractivity contribution in [2.75, 3.05) is 24.9 Å². The van der Waals surface area contributed by atoms with Gasteiger partial charge in [-0.25, -0.2) is 0 Å². The number of ether oxygens (including phenoxy) is 2. The molecule has 220 valence electrons. The van der Waals surface area contributed by atoms with E-state index in [9.17, 15) is 14.4 Å². The van der Waals surface area contributed by atoms with Crippen molar-refractivity contribution in [3.63, 3.8) is 0 Å². The van der Waals surface area contributed by atoms with Crippen LogP contribution in [0.5, 0.6) is 11.5 Å². The van der Waals surface area contributed by atoms with E-state index in [0.29, 0.717) is 33.5 Å². The Balaban J connectivity index is 1.46. The second-order valence-electron chi connectivity index (χ2n) is 9.21. The van der Waals surface area contributed by atoms with Crippen molar-refractivity contribution >= 4 is 58.5 Å². The summed E-state index contributed by atoms with van der Waals surface area (Å²) in [5.41, 5.74) is 2.17. The summed E-state index contributed by atoms with van der Waals surface area (Å²) in [5.74, 6) is -0.327. The molecule has 10 heteroatoms. The normalized spacial score (nSPS) is 11.7. The van der Waals surface area contributed by atoms with Crippen LogP contribution in [0.1, 0.15) is 22.8 Å². The van der Waals surface area contributed by atoms with Crippen molar-refractivity contribution in [2.24, 2.45) is 0 Å². The van der Waals surface area contributed by atoms with Crippen LogP contribution < -0.4 is 25.4 Å². The zero-order valence-corrected chi connectivity index (χ0v) is 25.3. The van der Waals surface area contributed by atoms with E-state index in [2.05, 4.69) is 16.0 Å². The third-order valence-electron chi connectivity index (χ3n) is 6.15. The molecule has 0 saturated heterocycles. The van der Waals surface area contributed by atoms with Gasteiger partial charge >= 0.3 is 0 Å². The molecule has 3 amide bonds. The number of halogens is 1. The van der Waals surface area contributed by atoms with E-state index in [1.165, 1.54) is 26.0 Å². The van der Waals surface area contributed by atoms with Crippen molar-refractivity contribution in [3.8, 4) is 11.5 Å². The molecule has 0 aliphatic heterocycles. The Kier molecular flexibility index (Phi) is 10.9. The highest BCUT2D eigenvalue weighted by atomic mass is 35.5. The first-order valence-electron chi connectivity index (χ1n) is 13.2. The predicted molar refractivity (Wildman–Crippen MR) is 172 cm³/mol. The Bertz CT molecular complexity index is 1630. The molecule has 0 heterocycles. The molecule has 0 spiro atoms. The van der Waals surface area contributed by atoms with Crippen LogP contribution in [0, 0.1) is 0 Å². The molecule has 43 heavy (non-hydrogen) atoms. The van der Waals surface area contributed by atoms with Crippen LogP contribution in [0.2, 0.25) is 5.02 Å². The molecule has 3 N–H and O–H groups in total. The molecule has 0 aliphatic rings. The highest BCUT2D eigenvalue weighted by Gasteiger charge is 2.19. The van der Waals surface area contributed by atoms with Gasteiger partial charge in [0.05, 0.1) is 30.2 Å². The van der Waals surface area contributed by atoms with E-state index in [-0.39, 0.29) is 11.6 Å². The first kappa shape index (κ1) is 31.2.